The van der Waals surface area contributed by atoms with Crippen molar-refractivity contribution in [3.63, 3.8) is 0 Å². The van der Waals surface area contributed by atoms with Crippen LogP contribution in [0.15, 0.2) is 76.7 Å². The maximum Gasteiger partial charge on any atom is 0.573 e. The van der Waals surface area contributed by atoms with Crippen LogP contribution in [0.1, 0.15) is 31.9 Å². The summed E-state index contributed by atoms with van der Waals surface area (Å²) in [5, 5.41) is 2.84. The summed E-state index contributed by atoms with van der Waals surface area (Å²) in [6, 6.07) is 13.2. The number of nitrogens with one attached hydrogen (secondary N) is 1. The van der Waals surface area contributed by atoms with Gasteiger partial charge in [-0.1, -0.05) is 31.2 Å². The number of hydrogen-bond acceptors (Lipinski definition) is 6. The highest BCUT2D eigenvalue weighted by Crippen LogP contribution is 2.24. The summed E-state index contributed by atoms with van der Waals surface area (Å²) >= 11 is 0. The standard InChI is InChI=1S/C17H19F3N2O2.C12H18N2O/c1-11(2)10-15(21-4)16(23-5)22-12(3)13-6-8-14(9-7-13)24-17(18,19)20;1-4-10-5-7-11(8-6-10)13-12(15)9-14(2)3/h6-10H,3H2,1-2,4-5H3;5-8H,4,9H2,1-3H3,(H,13,15). The summed E-state index contributed by atoms with van der Waals surface area (Å²) in [6.07, 6.45) is -1.90. The molecule has 0 bridgehead atoms. The van der Waals surface area contributed by atoms with Gasteiger partial charge in [0.1, 0.15) is 11.5 Å². The SMILES string of the molecule is C=C(N=C(OC)C(C=C(C)C)=NC)c1ccc(OC(F)(F)F)cc1.CCc1ccc(NC(=O)CN(C)C)cc1. The van der Waals surface area contributed by atoms with Crippen LogP contribution in [-0.2, 0) is 16.0 Å². The second-order valence-electron chi connectivity index (χ2n) is 8.81. The van der Waals surface area contributed by atoms with E-state index in [-0.39, 0.29) is 17.6 Å². The molecule has 0 radical (unpaired) electrons. The van der Waals surface area contributed by atoms with Crippen LogP contribution in [0, 0.1) is 0 Å². The number of aryl methyl sites for hydroxylation is 1. The van der Waals surface area contributed by atoms with Crippen molar-refractivity contribution in [2.45, 2.75) is 33.6 Å². The summed E-state index contributed by atoms with van der Waals surface area (Å²) < 4.78 is 45.5. The smallest absolute Gasteiger partial charge is 0.479 e. The zero-order valence-electron chi connectivity index (χ0n) is 23.5. The largest absolute Gasteiger partial charge is 0.573 e. The molecule has 1 N–H and O–H groups in total. The summed E-state index contributed by atoms with van der Waals surface area (Å²) in [7, 11) is 6.81. The molecule has 1 amide bonds. The number of aliphatic imine (C=N–C) groups is 2. The van der Waals surface area contributed by atoms with Crippen LogP contribution in [0.2, 0.25) is 0 Å². The van der Waals surface area contributed by atoms with Gasteiger partial charge in [-0.25, -0.2) is 4.99 Å². The van der Waals surface area contributed by atoms with E-state index >= 15 is 0 Å². The predicted molar refractivity (Wildman–Crippen MR) is 152 cm³/mol. The van der Waals surface area contributed by atoms with Gasteiger partial charge in [0.2, 0.25) is 11.8 Å². The van der Waals surface area contributed by atoms with E-state index in [1.54, 1.807) is 13.1 Å². The van der Waals surface area contributed by atoms with Gasteiger partial charge in [-0.05, 0) is 88.0 Å². The third-order valence-corrected chi connectivity index (χ3v) is 4.84. The molecule has 0 atom stereocenters. The van der Waals surface area contributed by atoms with E-state index in [1.807, 2.05) is 57.1 Å². The number of methoxy groups -OCH3 is 1. The van der Waals surface area contributed by atoms with Crippen molar-refractivity contribution in [3.8, 4) is 5.75 Å². The highest BCUT2D eigenvalue weighted by molar-refractivity contribution is 6.44. The molecular formula is C29H37F3N4O3. The monoisotopic (exact) mass is 546 g/mol. The Morgan fingerprint density at radius 3 is 2.10 bits per heavy atom. The maximum atomic E-state index is 12.2. The number of allylic oxidation sites excluding steroid dienone is 1. The lowest BCUT2D eigenvalue weighted by Crippen LogP contribution is -2.27. The van der Waals surface area contributed by atoms with E-state index in [0.717, 1.165) is 17.7 Å². The van der Waals surface area contributed by atoms with Crippen LogP contribution in [0.4, 0.5) is 18.9 Å². The fourth-order valence-corrected chi connectivity index (χ4v) is 3.05. The Bertz CT molecular complexity index is 1160. The Morgan fingerprint density at radius 1 is 1.08 bits per heavy atom. The minimum atomic E-state index is -4.73. The number of likely N-dealkylation sites (N-methyl/N-ethyl adjacent to an activating group) is 1. The third kappa shape index (κ3) is 13.4. The normalized spacial score (nSPS) is 11.8. The molecule has 0 saturated carbocycles. The lowest BCUT2D eigenvalue weighted by molar-refractivity contribution is -0.274. The first-order chi connectivity index (χ1) is 18.3. The quantitative estimate of drug-likeness (QED) is 0.292. The second kappa shape index (κ2) is 16.1. The first-order valence-corrected chi connectivity index (χ1v) is 12.1. The van der Waals surface area contributed by atoms with Crippen molar-refractivity contribution >= 4 is 28.9 Å². The molecule has 2 aromatic carbocycles. The molecule has 0 spiro atoms. The van der Waals surface area contributed by atoms with Crippen molar-refractivity contribution in [3.05, 3.63) is 77.9 Å². The number of alkyl halides is 3. The molecule has 2 aromatic rings. The molecule has 0 saturated heterocycles. The molecule has 2 rings (SSSR count). The Morgan fingerprint density at radius 2 is 1.67 bits per heavy atom. The van der Waals surface area contributed by atoms with E-state index in [2.05, 4.69) is 33.5 Å². The highest BCUT2D eigenvalue weighted by Gasteiger charge is 2.31. The molecular weight excluding hydrogens is 509 g/mol. The number of benzene rings is 2. The van der Waals surface area contributed by atoms with Crippen molar-refractivity contribution in [1.29, 1.82) is 0 Å². The van der Waals surface area contributed by atoms with Crippen molar-refractivity contribution in [2.24, 2.45) is 9.98 Å². The van der Waals surface area contributed by atoms with Gasteiger partial charge in [0.25, 0.3) is 0 Å². The number of rotatable bonds is 9. The number of nitrogens with zero attached hydrogens (tertiary/aromatic N) is 3. The topological polar surface area (TPSA) is 75.5 Å². The van der Waals surface area contributed by atoms with Gasteiger partial charge in [0, 0.05) is 12.7 Å². The number of carbonyl (C=O) groups is 1. The number of amides is 1. The first-order valence-electron chi connectivity index (χ1n) is 12.1. The molecule has 10 heteroatoms. The van der Waals surface area contributed by atoms with Crippen LogP contribution in [-0.4, -0.2) is 63.6 Å². The number of ether oxygens (including phenoxy) is 2. The summed E-state index contributed by atoms with van der Waals surface area (Å²) in [5.41, 5.74) is 4.55. The minimum absolute atomic E-state index is 0.0178. The maximum absolute atomic E-state index is 12.2. The Labute approximate surface area is 228 Å². The lowest BCUT2D eigenvalue weighted by atomic mass is 10.1. The summed E-state index contributed by atoms with van der Waals surface area (Å²) in [4.78, 5) is 21.6. The van der Waals surface area contributed by atoms with E-state index in [1.165, 1.54) is 36.9 Å². The van der Waals surface area contributed by atoms with Crippen LogP contribution >= 0.6 is 0 Å². The van der Waals surface area contributed by atoms with Crippen molar-refractivity contribution < 1.29 is 27.4 Å². The summed E-state index contributed by atoms with van der Waals surface area (Å²) in [6.45, 7) is 10.1. The molecule has 0 aliphatic heterocycles. The van der Waals surface area contributed by atoms with Gasteiger partial charge in [-0.3, -0.25) is 9.79 Å². The van der Waals surface area contributed by atoms with Gasteiger partial charge >= 0.3 is 6.36 Å². The van der Waals surface area contributed by atoms with Crippen LogP contribution < -0.4 is 10.1 Å². The first kappa shape index (κ1) is 33.1. The highest BCUT2D eigenvalue weighted by atomic mass is 19.4. The molecule has 0 heterocycles. The van der Waals surface area contributed by atoms with Crippen molar-refractivity contribution in [2.75, 3.05) is 40.1 Å². The number of anilines is 1. The van der Waals surface area contributed by atoms with Gasteiger partial charge in [0.15, 0.2) is 0 Å². The number of halogens is 3. The zero-order valence-corrected chi connectivity index (χ0v) is 23.5. The molecule has 7 nitrogen and oxygen atoms in total. The molecule has 0 fully saturated rings. The summed E-state index contributed by atoms with van der Waals surface area (Å²) in [5.74, 6) is -0.0288. The predicted octanol–water partition coefficient (Wildman–Crippen LogP) is 6.39. The Kier molecular flexibility index (Phi) is 13.7. The van der Waals surface area contributed by atoms with Crippen molar-refractivity contribution in [1.82, 2.24) is 4.90 Å². The molecule has 39 heavy (non-hydrogen) atoms. The van der Waals surface area contributed by atoms with Gasteiger partial charge < -0.3 is 19.7 Å². The third-order valence-electron chi connectivity index (χ3n) is 4.84. The van der Waals surface area contributed by atoms with Gasteiger partial charge in [0.05, 0.1) is 19.4 Å². The van der Waals surface area contributed by atoms with E-state index < -0.39 is 6.36 Å². The Balaban J connectivity index is 0.000000434. The second-order valence-corrected chi connectivity index (χ2v) is 8.81. The molecule has 212 valence electrons. The zero-order chi connectivity index (χ0) is 29.6. The average Bonchev–Trinajstić information content (AvgIpc) is 2.85. The molecule has 0 aliphatic carbocycles. The molecule has 0 aromatic heterocycles. The fraction of sp³-hybridized carbons (Fsp3) is 0.345. The van der Waals surface area contributed by atoms with Crippen LogP contribution in [0.3, 0.4) is 0 Å². The average molecular weight is 547 g/mol. The van der Waals surface area contributed by atoms with Gasteiger partial charge in [-0.15, -0.1) is 13.2 Å². The number of hydrogen-bond donors (Lipinski definition) is 1. The Hall–Kier alpha value is -3.92. The number of carbonyl (C=O) groups excluding carboxylic acids is 1. The van der Waals surface area contributed by atoms with Crippen LogP contribution in [0.25, 0.3) is 5.70 Å². The fourth-order valence-electron chi connectivity index (χ4n) is 3.05. The minimum Gasteiger partial charge on any atom is -0.479 e. The van der Waals surface area contributed by atoms with Crippen LogP contribution in [0.5, 0.6) is 5.75 Å². The van der Waals surface area contributed by atoms with Gasteiger partial charge in [-0.2, -0.15) is 0 Å². The lowest BCUT2D eigenvalue weighted by Gasteiger charge is -2.10. The van der Waals surface area contributed by atoms with E-state index in [4.69, 9.17) is 4.74 Å². The molecule has 0 unspecified atom stereocenters. The van der Waals surface area contributed by atoms with E-state index in [0.29, 0.717) is 23.5 Å². The molecule has 0 aliphatic rings. The van der Waals surface area contributed by atoms with E-state index in [9.17, 15) is 18.0 Å².